The molecule has 4 aromatic rings. The van der Waals surface area contributed by atoms with Crippen LogP contribution >= 0.6 is 11.6 Å². The van der Waals surface area contributed by atoms with Crippen molar-refractivity contribution in [2.75, 3.05) is 39.6 Å². The Kier molecular flexibility index (Phi) is 6.05. The molecule has 0 radical (unpaired) electrons. The topological polar surface area (TPSA) is 65.3 Å². The molecule has 3 saturated heterocycles. The standard InChI is InChI=1S/C30H27ClO6/c31-30(28-24-4-2-1-3-18(24)6-9-26(28)36-16-22-14-34-22)29-25-11-20(32-12-21-13-33-21)8-5-19(25)7-10-27(29)37-17-23-15-35-23/h1-11,21-23,30H,12-17H2. The molecule has 3 aliphatic heterocycles. The van der Waals surface area contributed by atoms with E-state index in [1.807, 2.05) is 36.4 Å². The van der Waals surface area contributed by atoms with Crippen LogP contribution in [0.25, 0.3) is 21.5 Å². The molecule has 37 heavy (non-hydrogen) atoms. The molecular weight excluding hydrogens is 492 g/mol. The molecule has 0 aromatic heterocycles. The molecule has 3 fully saturated rings. The van der Waals surface area contributed by atoms with Gasteiger partial charge >= 0.3 is 0 Å². The van der Waals surface area contributed by atoms with Crippen LogP contribution in [0.2, 0.25) is 0 Å². The van der Waals surface area contributed by atoms with Crippen LogP contribution in [0.3, 0.4) is 0 Å². The van der Waals surface area contributed by atoms with Gasteiger partial charge in [-0.1, -0.05) is 42.5 Å². The summed E-state index contributed by atoms with van der Waals surface area (Å²) < 4.78 is 34.7. The Bertz CT molecular complexity index is 1440. The summed E-state index contributed by atoms with van der Waals surface area (Å²) >= 11 is 7.47. The van der Waals surface area contributed by atoms with Crippen molar-refractivity contribution in [1.82, 2.24) is 0 Å². The first-order valence-electron chi connectivity index (χ1n) is 12.7. The predicted octanol–water partition coefficient (Wildman–Crippen LogP) is 5.65. The van der Waals surface area contributed by atoms with Crippen molar-refractivity contribution in [1.29, 1.82) is 0 Å². The first kappa shape index (κ1) is 23.1. The Labute approximate surface area is 219 Å². The normalized spacial score (nSPS) is 22.6. The number of hydrogen-bond acceptors (Lipinski definition) is 6. The third kappa shape index (κ3) is 5.07. The third-order valence-corrected chi connectivity index (χ3v) is 7.36. The minimum absolute atomic E-state index is 0.125. The van der Waals surface area contributed by atoms with Gasteiger partial charge in [0.05, 0.1) is 25.2 Å². The minimum atomic E-state index is -0.540. The Morgan fingerprint density at radius 2 is 1.16 bits per heavy atom. The number of benzene rings is 4. The molecular formula is C30H27ClO6. The molecule has 0 N–H and O–H groups in total. The van der Waals surface area contributed by atoms with E-state index in [9.17, 15) is 0 Å². The highest BCUT2D eigenvalue weighted by molar-refractivity contribution is 6.25. The fourth-order valence-corrected chi connectivity index (χ4v) is 5.08. The highest BCUT2D eigenvalue weighted by Crippen LogP contribution is 2.46. The number of epoxide rings is 3. The molecule has 0 aliphatic carbocycles. The molecule has 3 aliphatic rings. The lowest BCUT2D eigenvalue weighted by Gasteiger charge is -2.22. The maximum Gasteiger partial charge on any atom is 0.125 e. The van der Waals surface area contributed by atoms with Crippen molar-refractivity contribution in [3.8, 4) is 17.2 Å². The van der Waals surface area contributed by atoms with Crippen molar-refractivity contribution < 1.29 is 28.4 Å². The zero-order valence-electron chi connectivity index (χ0n) is 20.2. The largest absolute Gasteiger partial charge is 0.491 e. The fraction of sp³-hybridized carbons (Fsp3) is 0.333. The molecule has 7 heteroatoms. The van der Waals surface area contributed by atoms with E-state index in [-0.39, 0.29) is 18.3 Å². The van der Waals surface area contributed by atoms with Gasteiger partial charge in [-0.15, -0.1) is 11.6 Å². The maximum atomic E-state index is 7.47. The van der Waals surface area contributed by atoms with Crippen molar-refractivity contribution >= 4 is 33.1 Å². The van der Waals surface area contributed by atoms with Gasteiger partial charge < -0.3 is 28.4 Å². The number of fused-ring (bicyclic) bond motifs is 2. The number of alkyl halides is 1. The molecule has 6 nitrogen and oxygen atoms in total. The Morgan fingerprint density at radius 3 is 1.78 bits per heavy atom. The van der Waals surface area contributed by atoms with E-state index < -0.39 is 5.38 Å². The summed E-state index contributed by atoms with van der Waals surface area (Å²) in [7, 11) is 0. The zero-order valence-corrected chi connectivity index (χ0v) is 21.0. The molecule has 3 heterocycles. The SMILES string of the molecule is ClC(c1c(OCC2CO2)ccc2ccccc12)c1c(OCC2CO2)ccc2ccc(OCC3CO3)cc12. The monoisotopic (exact) mass is 518 g/mol. The van der Waals surface area contributed by atoms with Crippen molar-refractivity contribution in [3.63, 3.8) is 0 Å². The molecule has 0 bridgehead atoms. The van der Waals surface area contributed by atoms with E-state index in [0.717, 1.165) is 69.7 Å². The highest BCUT2D eigenvalue weighted by Gasteiger charge is 2.29. The number of halogens is 1. The number of rotatable bonds is 11. The second-order valence-electron chi connectivity index (χ2n) is 9.72. The average molecular weight is 519 g/mol. The maximum absolute atomic E-state index is 7.47. The van der Waals surface area contributed by atoms with Gasteiger partial charge in [-0.25, -0.2) is 0 Å². The van der Waals surface area contributed by atoms with E-state index in [1.165, 1.54) is 0 Å². The molecule has 190 valence electrons. The molecule has 7 rings (SSSR count). The molecule has 0 spiro atoms. The quantitative estimate of drug-likeness (QED) is 0.189. The van der Waals surface area contributed by atoms with Gasteiger partial charge in [0.1, 0.15) is 55.4 Å². The summed E-state index contributed by atoms with van der Waals surface area (Å²) in [5.41, 5.74) is 1.80. The van der Waals surface area contributed by atoms with Gasteiger partial charge in [-0.05, 0) is 45.8 Å². The average Bonchev–Trinajstić information content (AvgIpc) is 3.77. The summed E-state index contributed by atoms with van der Waals surface area (Å²) in [6, 6.07) is 22.5. The Morgan fingerprint density at radius 1 is 0.649 bits per heavy atom. The van der Waals surface area contributed by atoms with E-state index in [4.69, 9.17) is 40.0 Å². The van der Waals surface area contributed by atoms with E-state index in [1.54, 1.807) is 0 Å². The zero-order chi connectivity index (χ0) is 24.8. The first-order chi connectivity index (χ1) is 18.2. The summed E-state index contributed by atoms with van der Waals surface area (Å²) in [4.78, 5) is 0. The molecule has 4 unspecified atom stereocenters. The lowest BCUT2D eigenvalue weighted by atomic mass is 9.93. The van der Waals surface area contributed by atoms with Gasteiger partial charge in [0.15, 0.2) is 0 Å². The molecule has 4 aromatic carbocycles. The Balaban J connectivity index is 1.35. The van der Waals surface area contributed by atoms with E-state index >= 15 is 0 Å². The van der Waals surface area contributed by atoms with E-state index in [2.05, 4.69) is 30.3 Å². The summed E-state index contributed by atoms with van der Waals surface area (Å²) in [6.07, 6.45) is 0.439. The second-order valence-corrected chi connectivity index (χ2v) is 10.2. The van der Waals surface area contributed by atoms with Crippen LogP contribution in [0.1, 0.15) is 16.5 Å². The molecule has 0 saturated carbocycles. The third-order valence-electron chi connectivity index (χ3n) is 6.92. The Hall–Kier alpha value is -3.03. The smallest absolute Gasteiger partial charge is 0.125 e. The van der Waals surface area contributed by atoms with Crippen LogP contribution in [0.15, 0.2) is 66.7 Å². The molecule has 0 amide bonds. The lowest BCUT2D eigenvalue weighted by molar-refractivity contribution is 0.259. The first-order valence-corrected chi connectivity index (χ1v) is 13.1. The van der Waals surface area contributed by atoms with Crippen molar-refractivity contribution in [3.05, 3.63) is 77.9 Å². The highest BCUT2D eigenvalue weighted by atomic mass is 35.5. The van der Waals surface area contributed by atoms with E-state index in [0.29, 0.717) is 19.8 Å². The van der Waals surface area contributed by atoms with Crippen LogP contribution < -0.4 is 14.2 Å². The van der Waals surface area contributed by atoms with Gasteiger partial charge in [-0.2, -0.15) is 0 Å². The van der Waals surface area contributed by atoms with Gasteiger partial charge in [-0.3, -0.25) is 0 Å². The van der Waals surface area contributed by atoms with Crippen LogP contribution in [0.4, 0.5) is 0 Å². The van der Waals surface area contributed by atoms with Gasteiger partial charge in [0.2, 0.25) is 0 Å². The minimum Gasteiger partial charge on any atom is -0.491 e. The van der Waals surface area contributed by atoms with Crippen molar-refractivity contribution in [2.45, 2.75) is 23.7 Å². The van der Waals surface area contributed by atoms with Crippen LogP contribution in [-0.2, 0) is 14.2 Å². The summed E-state index contributed by atoms with van der Waals surface area (Å²) in [6.45, 7) is 3.71. The summed E-state index contributed by atoms with van der Waals surface area (Å²) in [5.74, 6) is 2.26. The van der Waals surface area contributed by atoms with Crippen LogP contribution in [-0.4, -0.2) is 58.0 Å². The molecule has 4 atom stereocenters. The number of hydrogen-bond donors (Lipinski definition) is 0. The second kappa shape index (κ2) is 9.69. The van der Waals surface area contributed by atoms with Gasteiger partial charge in [0.25, 0.3) is 0 Å². The van der Waals surface area contributed by atoms with Crippen molar-refractivity contribution in [2.24, 2.45) is 0 Å². The summed E-state index contributed by atoms with van der Waals surface area (Å²) in [5, 5.41) is 3.64. The van der Waals surface area contributed by atoms with Crippen LogP contribution in [0, 0.1) is 0 Å². The predicted molar refractivity (Wildman–Crippen MR) is 141 cm³/mol. The van der Waals surface area contributed by atoms with Gasteiger partial charge in [0, 0.05) is 11.1 Å². The lowest BCUT2D eigenvalue weighted by Crippen LogP contribution is -2.10. The van der Waals surface area contributed by atoms with Crippen LogP contribution in [0.5, 0.6) is 17.2 Å². The number of ether oxygens (including phenoxy) is 6. The fourth-order valence-electron chi connectivity index (χ4n) is 4.63.